The number of methoxy groups -OCH3 is 1. The first kappa shape index (κ1) is 15.0. The summed E-state index contributed by atoms with van der Waals surface area (Å²) >= 11 is 0. The molecule has 5 heteroatoms. The van der Waals surface area contributed by atoms with Crippen molar-refractivity contribution in [3.63, 3.8) is 0 Å². The monoisotopic (exact) mass is 301 g/mol. The molecule has 1 aromatic carbocycles. The molecule has 1 aliphatic carbocycles. The fourth-order valence-electron chi connectivity index (χ4n) is 2.70. The van der Waals surface area contributed by atoms with E-state index in [1.54, 1.807) is 7.11 Å². The van der Waals surface area contributed by atoms with E-state index in [-0.39, 0.29) is 11.8 Å². The molecule has 0 aliphatic heterocycles. The van der Waals surface area contributed by atoms with E-state index in [1.165, 1.54) is 0 Å². The molecular weight excluding hydrogens is 278 g/mol. The normalized spacial score (nSPS) is 14.4. The number of para-hydroxylation sites is 2. The summed E-state index contributed by atoms with van der Waals surface area (Å²) in [4.78, 5) is 16.3. The van der Waals surface area contributed by atoms with Gasteiger partial charge >= 0.3 is 0 Å². The number of amides is 1. The molecule has 1 saturated carbocycles. The Hall–Kier alpha value is -1.88. The maximum absolute atomic E-state index is 11.6. The van der Waals surface area contributed by atoms with Gasteiger partial charge in [0.15, 0.2) is 0 Å². The standard InChI is InChI=1S/C17H23N3O2/c1-22-12-11-20-15-6-3-2-5-14(15)19-16(20)7-4-10-18-17(21)13-8-9-13/h2-3,5-6,13H,4,7-12H2,1H3,(H,18,21). The van der Waals surface area contributed by atoms with Crippen molar-refractivity contribution in [3.05, 3.63) is 30.1 Å². The fraction of sp³-hybridized carbons (Fsp3) is 0.529. The lowest BCUT2D eigenvalue weighted by atomic mass is 10.3. The molecule has 0 saturated heterocycles. The van der Waals surface area contributed by atoms with Crippen molar-refractivity contribution in [2.45, 2.75) is 32.2 Å². The molecular formula is C17H23N3O2. The molecule has 1 aromatic heterocycles. The first-order chi connectivity index (χ1) is 10.8. The maximum Gasteiger partial charge on any atom is 0.223 e. The summed E-state index contributed by atoms with van der Waals surface area (Å²) in [5.41, 5.74) is 2.17. The van der Waals surface area contributed by atoms with E-state index < -0.39 is 0 Å². The van der Waals surface area contributed by atoms with E-state index in [1.807, 2.05) is 18.2 Å². The minimum atomic E-state index is 0.216. The molecule has 3 rings (SSSR count). The number of carbonyl (C=O) groups is 1. The molecule has 0 bridgehead atoms. The summed E-state index contributed by atoms with van der Waals surface area (Å²) in [6.45, 7) is 2.20. The van der Waals surface area contributed by atoms with Crippen LogP contribution in [0, 0.1) is 5.92 Å². The van der Waals surface area contributed by atoms with Crippen LogP contribution in [-0.2, 0) is 22.5 Å². The molecule has 5 nitrogen and oxygen atoms in total. The zero-order valence-electron chi connectivity index (χ0n) is 13.0. The lowest BCUT2D eigenvalue weighted by molar-refractivity contribution is -0.122. The Balaban J connectivity index is 1.62. The second-order valence-electron chi connectivity index (χ2n) is 5.83. The number of nitrogens with zero attached hydrogens (tertiary/aromatic N) is 2. The third-order valence-electron chi connectivity index (χ3n) is 4.08. The summed E-state index contributed by atoms with van der Waals surface area (Å²) in [7, 11) is 1.71. The van der Waals surface area contributed by atoms with Crippen molar-refractivity contribution < 1.29 is 9.53 Å². The second-order valence-corrected chi connectivity index (χ2v) is 5.83. The van der Waals surface area contributed by atoms with E-state index in [9.17, 15) is 4.79 Å². The van der Waals surface area contributed by atoms with Crippen molar-refractivity contribution in [1.82, 2.24) is 14.9 Å². The summed E-state index contributed by atoms with van der Waals surface area (Å²) in [6, 6.07) is 8.18. The van der Waals surface area contributed by atoms with Crippen LogP contribution in [-0.4, -0.2) is 35.7 Å². The van der Waals surface area contributed by atoms with Gasteiger partial charge in [-0.25, -0.2) is 4.98 Å². The number of ether oxygens (including phenoxy) is 1. The highest BCUT2D eigenvalue weighted by Gasteiger charge is 2.28. The van der Waals surface area contributed by atoms with Crippen LogP contribution in [0.1, 0.15) is 25.1 Å². The van der Waals surface area contributed by atoms with Crippen molar-refractivity contribution in [3.8, 4) is 0 Å². The quantitative estimate of drug-likeness (QED) is 0.760. The van der Waals surface area contributed by atoms with E-state index in [0.717, 1.165) is 55.6 Å². The Labute approximate surface area is 130 Å². The van der Waals surface area contributed by atoms with Crippen LogP contribution in [0.5, 0.6) is 0 Å². The minimum absolute atomic E-state index is 0.216. The number of aromatic nitrogens is 2. The highest BCUT2D eigenvalue weighted by atomic mass is 16.5. The highest BCUT2D eigenvalue weighted by molar-refractivity contribution is 5.80. The van der Waals surface area contributed by atoms with Crippen LogP contribution in [0.25, 0.3) is 11.0 Å². The van der Waals surface area contributed by atoms with Crippen molar-refractivity contribution in [2.75, 3.05) is 20.3 Å². The van der Waals surface area contributed by atoms with Crippen molar-refractivity contribution in [2.24, 2.45) is 5.92 Å². The van der Waals surface area contributed by atoms with E-state index in [2.05, 4.69) is 16.0 Å². The van der Waals surface area contributed by atoms with Crippen LogP contribution >= 0.6 is 0 Å². The van der Waals surface area contributed by atoms with Gasteiger partial charge in [0.2, 0.25) is 5.91 Å². The summed E-state index contributed by atoms with van der Waals surface area (Å²) < 4.78 is 7.43. The third-order valence-corrected chi connectivity index (χ3v) is 4.08. The van der Waals surface area contributed by atoms with Gasteiger partial charge < -0.3 is 14.6 Å². The van der Waals surface area contributed by atoms with Crippen LogP contribution in [0.15, 0.2) is 24.3 Å². The highest BCUT2D eigenvalue weighted by Crippen LogP contribution is 2.28. The molecule has 2 aromatic rings. The zero-order chi connectivity index (χ0) is 15.4. The number of benzene rings is 1. The number of fused-ring (bicyclic) bond motifs is 1. The van der Waals surface area contributed by atoms with Gasteiger partial charge in [-0.15, -0.1) is 0 Å². The molecule has 0 unspecified atom stereocenters. The SMILES string of the molecule is COCCn1c(CCCNC(=O)C2CC2)nc2ccccc21. The Morgan fingerprint density at radius 2 is 2.23 bits per heavy atom. The summed E-state index contributed by atoms with van der Waals surface area (Å²) in [5, 5.41) is 3.01. The average Bonchev–Trinajstić information content (AvgIpc) is 3.32. The van der Waals surface area contributed by atoms with Crippen LogP contribution in [0.2, 0.25) is 0 Å². The molecule has 1 heterocycles. The van der Waals surface area contributed by atoms with Gasteiger partial charge in [-0.05, 0) is 31.4 Å². The molecule has 118 valence electrons. The second kappa shape index (κ2) is 6.92. The lowest BCUT2D eigenvalue weighted by Crippen LogP contribution is -2.26. The smallest absolute Gasteiger partial charge is 0.223 e. The summed E-state index contributed by atoms with van der Waals surface area (Å²) in [6.07, 6.45) is 3.88. The van der Waals surface area contributed by atoms with Gasteiger partial charge in [0, 0.05) is 32.5 Å². The molecule has 0 spiro atoms. The number of carbonyl (C=O) groups excluding carboxylic acids is 1. The predicted octanol–water partition coefficient (Wildman–Crippen LogP) is 2.14. The van der Waals surface area contributed by atoms with Gasteiger partial charge in [0.05, 0.1) is 17.6 Å². The zero-order valence-corrected chi connectivity index (χ0v) is 13.0. The minimum Gasteiger partial charge on any atom is -0.383 e. The Bertz CT molecular complexity index is 646. The van der Waals surface area contributed by atoms with Crippen molar-refractivity contribution in [1.29, 1.82) is 0 Å². The molecule has 0 radical (unpaired) electrons. The Kier molecular flexibility index (Phi) is 4.73. The number of nitrogens with one attached hydrogen (secondary N) is 1. The van der Waals surface area contributed by atoms with Gasteiger partial charge in [-0.1, -0.05) is 12.1 Å². The van der Waals surface area contributed by atoms with Gasteiger partial charge in [-0.2, -0.15) is 0 Å². The molecule has 0 atom stereocenters. The molecule has 1 aliphatic rings. The van der Waals surface area contributed by atoms with Crippen LogP contribution < -0.4 is 5.32 Å². The predicted molar refractivity (Wildman–Crippen MR) is 85.7 cm³/mol. The first-order valence-corrected chi connectivity index (χ1v) is 8.00. The maximum atomic E-state index is 11.6. The number of hydrogen-bond acceptors (Lipinski definition) is 3. The van der Waals surface area contributed by atoms with Gasteiger partial charge in [0.1, 0.15) is 5.82 Å². The van der Waals surface area contributed by atoms with E-state index in [0.29, 0.717) is 6.61 Å². The fourth-order valence-corrected chi connectivity index (χ4v) is 2.70. The third kappa shape index (κ3) is 3.47. The van der Waals surface area contributed by atoms with Crippen LogP contribution in [0.3, 0.4) is 0 Å². The first-order valence-electron chi connectivity index (χ1n) is 8.00. The number of rotatable bonds is 8. The molecule has 1 N–H and O–H groups in total. The van der Waals surface area contributed by atoms with Crippen molar-refractivity contribution >= 4 is 16.9 Å². The largest absolute Gasteiger partial charge is 0.383 e. The summed E-state index contributed by atoms with van der Waals surface area (Å²) in [5.74, 6) is 1.57. The van der Waals surface area contributed by atoms with Gasteiger partial charge in [-0.3, -0.25) is 4.79 Å². The Morgan fingerprint density at radius 1 is 1.41 bits per heavy atom. The molecule has 1 fully saturated rings. The topological polar surface area (TPSA) is 56.1 Å². The average molecular weight is 301 g/mol. The van der Waals surface area contributed by atoms with Crippen LogP contribution in [0.4, 0.5) is 0 Å². The van der Waals surface area contributed by atoms with E-state index in [4.69, 9.17) is 9.72 Å². The Morgan fingerprint density at radius 3 is 3.00 bits per heavy atom. The molecule has 1 amide bonds. The lowest BCUT2D eigenvalue weighted by Gasteiger charge is -2.09. The number of aryl methyl sites for hydroxylation is 1. The number of imidazole rings is 1. The van der Waals surface area contributed by atoms with Gasteiger partial charge in [0.25, 0.3) is 0 Å². The van der Waals surface area contributed by atoms with E-state index >= 15 is 0 Å². The molecule has 22 heavy (non-hydrogen) atoms. The number of hydrogen-bond donors (Lipinski definition) is 1.